The topological polar surface area (TPSA) is 571 Å². The molecule has 0 radical (unpaired) electrons. The molecule has 0 bridgehead atoms. The molecule has 0 atom stereocenters. The molecule has 0 fully saturated rings. The number of pyridine rings is 4. The molecule has 58 heteroatoms. The second-order valence-corrected chi connectivity index (χ2v) is 31.4. The third-order valence-corrected chi connectivity index (χ3v) is 16.3. The zero-order valence-electron chi connectivity index (χ0n) is 76.2. The fourth-order valence-corrected chi connectivity index (χ4v) is 10.0. The number of amides is 1. The van der Waals surface area contributed by atoms with Crippen molar-refractivity contribution < 1.29 is 167 Å². The third-order valence-electron chi connectivity index (χ3n) is 14.6. The molecule has 8 N–H and O–H groups in total. The second kappa shape index (κ2) is 73.8. The van der Waals surface area contributed by atoms with Crippen molar-refractivity contribution >= 4 is 145 Å². The highest BCUT2D eigenvalue weighted by Crippen LogP contribution is 2.42. The van der Waals surface area contributed by atoms with Crippen molar-refractivity contribution in [2.24, 2.45) is 12.8 Å². The molecule has 1 amide bonds. The van der Waals surface area contributed by atoms with Crippen molar-refractivity contribution in [1.29, 1.82) is 0 Å². The van der Waals surface area contributed by atoms with E-state index in [1.807, 2.05) is 27.7 Å². The van der Waals surface area contributed by atoms with Gasteiger partial charge in [-0.3, -0.25) is 19.5 Å². The van der Waals surface area contributed by atoms with Gasteiger partial charge in [-0.2, -0.15) is 64.7 Å². The van der Waals surface area contributed by atoms with Gasteiger partial charge in [0.05, 0.1) is 89.1 Å². The highest BCUT2D eigenvalue weighted by atomic mass is 127. The number of halogens is 16. The van der Waals surface area contributed by atoms with E-state index in [9.17, 15) is 81.7 Å². The van der Waals surface area contributed by atoms with E-state index in [1.54, 1.807) is 70.4 Å². The van der Waals surface area contributed by atoms with E-state index in [4.69, 9.17) is 160 Å². The largest absolute Gasteiger partial charge is 0.475 e. The van der Waals surface area contributed by atoms with E-state index in [2.05, 4.69) is 39.1 Å². The molecule has 147 heavy (non-hydrogen) atoms. The molecule has 6 heterocycles. The van der Waals surface area contributed by atoms with Crippen LogP contribution < -0.4 is 77.2 Å². The molecule has 812 valence electrons. The molecule has 10 rings (SSSR count). The quantitative estimate of drug-likeness (QED) is 0.00305. The Kier molecular flexibility index (Phi) is 72.1. The number of allylic oxidation sites excluding steroid dienone is 1. The van der Waals surface area contributed by atoms with Crippen LogP contribution in [0.3, 0.4) is 0 Å². The first kappa shape index (κ1) is 143. The number of nitrogens with zero attached hydrogens (tertiary/aromatic N) is 7. The van der Waals surface area contributed by atoms with E-state index < -0.39 is 102 Å². The van der Waals surface area contributed by atoms with Crippen LogP contribution in [0.15, 0.2) is 165 Å². The standard InChI is InChI=1S/C20H16ClF4N3O4.C19H14ClF4N3O4.C17H18ClFN2O4.C14H14ClFN2O2.C6H11NO2.C3H5ClO2.C2H8O4S.4CO2.4CH4.HI/c1-3-7-31-18-14(5-4-6-26-18)32-15-9-13(12(22)8-11(15)21)28-17(29)10-16(20(23,24)25)27(2)19(28)30;1-2-6-30-17-13(4-3-5-25-17)31-14-8-12(11(21)7-10(14)20)27-16(28)9-15(19(22,23)24)26-18(27)29;1-3-8-24-16-14(6-5-7-20-16)25-15-10-13(12(19)9-11(15)18)21-17(22)23-4-2;1-2-6-19-14-12(4-3-5-18-14)20-13-8-11(17)10(16)7-9(13)15;1-3-9-6(8)4-5(2)7;1-2-6-3(4)5;1-7(2,4,5)6-3;4*2-1-3;;;;;/h4-6,8-10H,3,7H2,1-2H3;3-5,7-9H,2,6H2,1H3,(H,26,29);5-7,9-10H,3-4,8H2,1-2H3,(H,21,22);3-5,7-8H,2,6,17H2,1H3;4H,3,7H2,1-2H3;2H2,1H3;3H,1-2H3,(H,4,5);;;;;4*1H4;1H/b;;;;5-4-;;;;;;;;;;;. The van der Waals surface area contributed by atoms with E-state index >= 15 is 0 Å². The Morgan fingerprint density at radius 3 is 1.10 bits per heavy atom. The van der Waals surface area contributed by atoms with Crippen LogP contribution in [0.25, 0.3) is 11.4 Å². The summed E-state index contributed by atoms with van der Waals surface area (Å²) in [6, 6.07) is 21.3. The summed E-state index contributed by atoms with van der Waals surface area (Å²) >= 11 is 28.7. The van der Waals surface area contributed by atoms with Gasteiger partial charge in [0, 0.05) is 104 Å². The molecule has 0 saturated heterocycles. The number of rotatable bonds is 28. The van der Waals surface area contributed by atoms with Gasteiger partial charge in [-0.15, -0.1) is 28.3 Å². The van der Waals surface area contributed by atoms with Crippen LogP contribution in [0.2, 0.25) is 20.1 Å². The van der Waals surface area contributed by atoms with Crippen LogP contribution in [-0.4, -0.2) is 153 Å². The van der Waals surface area contributed by atoms with Gasteiger partial charge in [0.25, 0.3) is 34.6 Å². The zero-order valence-corrected chi connectivity index (χ0v) is 83.1. The first-order chi connectivity index (χ1) is 66.7. The fraction of sp³-hybridized carbons (Fsp3) is 0.315. The normalized spacial score (nSPS) is 10.1. The Morgan fingerprint density at radius 2 is 0.810 bits per heavy atom. The van der Waals surface area contributed by atoms with Gasteiger partial charge in [-0.25, -0.2) is 80.1 Å². The summed E-state index contributed by atoms with van der Waals surface area (Å²) in [4.78, 5) is 163. The van der Waals surface area contributed by atoms with Crippen LogP contribution in [-0.2, 0) is 90.7 Å². The summed E-state index contributed by atoms with van der Waals surface area (Å²) in [6.45, 7) is 17.0. The lowest BCUT2D eigenvalue weighted by Gasteiger charge is -2.20. The molecule has 0 aliphatic heterocycles. The van der Waals surface area contributed by atoms with E-state index in [0.29, 0.717) is 81.4 Å². The van der Waals surface area contributed by atoms with Crippen molar-refractivity contribution in [3.05, 3.63) is 242 Å². The Balaban J connectivity index is -0.000000406. The molecule has 0 saturated carbocycles. The Bertz CT molecular complexity index is 6230. The number of carbonyl (C=O) groups excluding carboxylic acids is 11. The van der Waals surface area contributed by atoms with Crippen molar-refractivity contribution in [1.82, 2.24) is 38.6 Å². The number of aromatic nitrogens is 8. The Hall–Kier alpha value is -14.2. The van der Waals surface area contributed by atoms with Gasteiger partial charge in [-0.05, 0) is 126 Å². The second-order valence-electron chi connectivity index (χ2n) is 26.0. The summed E-state index contributed by atoms with van der Waals surface area (Å²) < 4.78 is 214. The average molecular weight is 2330 g/mol. The average Bonchev–Trinajstić information content (AvgIpc) is 0.733. The highest BCUT2D eigenvalue weighted by Gasteiger charge is 2.36. The van der Waals surface area contributed by atoms with Crippen molar-refractivity contribution in [3.8, 4) is 80.9 Å². The lowest BCUT2D eigenvalue weighted by Crippen LogP contribution is -2.41. The van der Waals surface area contributed by atoms with Gasteiger partial charge >= 0.3 is 65.8 Å². The number of nitrogen functional groups attached to an aromatic ring is 1. The summed E-state index contributed by atoms with van der Waals surface area (Å²) in [6.07, 6.45) is 2.48. The van der Waals surface area contributed by atoms with E-state index in [-0.39, 0.29) is 194 Å². The van der Waals surface area contributed by atoms with Crippen molar-refractivity contribution in [3.63, 3.8) is 0 Å². The van der Waals surface area contributed by atoms with E-state index in [1.165, 1.54) is 53.8 Å². The van der Waals surface area contributed by atoms with Gasteiger partial charge in [0.2, 0.25) is 0 Å². The number of hydrogen-bond acceptors (Lipinski definition) is 35. The summed E-state index contributed by atoms with van der Waals surface area (Å²) in [5.41, 5.74) is 0.295. The third kappa shape index (κ3) is 54.0. The van der Waals surface area contributed by atoms with Crippen LogP contribution in [0.4, 0.5) is 64.9 Å². The maximum atomic E-state index is 14.6. The maximum Gasteiger partial charge on any atom is 0.431 e. The number of aromatic amines is 1. The summed E-state index contributed by atoms with van der Waals surface area (Å²) in [7, 11) is -3.24. The number of alkyl halides is 6. The number of nitrogens with two attached hydrogens (primary N) is 2. The number of benzene rings is 4. The number of nitrogens with one attached hydrogen (secondary N) is 2. The first-order valence-corrected chi connectivity index (χ1v) is 43.9. The van der Waals surface area contributed by atoms with Crippen LogP contribution in [0, 0.1) is 23.3 Å². The molecule has 0 aliphatic rings. The first-order valence-electron chi connectivity index (χ1n) is 39.4. The van der Waals surface area contributed by atoms with Gasteiger partial charge in [-0.1, -0.05) is 104 Å². The SMILES string of the molecule is C.C.C.C.CCCOc1ncccc1Oc1cc(-n2c(=O)cc(C(F)(F)F)[nH]c2=O)c(F)cc1Cl.CCCOc1ncccc1Oc1cc(-n2c(=O)cc(C(F)(F)F)n(C)c2=O)c(F)cc1Cl.CCCOc1ncccc1Oc1cc(N)c(F)cc1Cl.CCCOc1ncccc1Oc1cc(NC(=O)OCC)c(F)cc1Cl.CCOC(=O)/C=C(/C)N.CCOC(=O)Cl.CS(C)(=O)(O)OO.I.O=C=O.O=C=O.O=C=O.O=C=O. The number of esters is 1. The molecule has 10 aromatic rings. The summed E-state index contributed by atoms with van der Waals surface area (Å²) in [5, 5.41) is 9.67. The highest BCUT2D eigenvalue weighted by molar-refractivity contribution is 14.0. The van der Waals surface area contributed by atoms with Gasteiger partial charge in [0.15, 0.2) is 23.0 Å². The van der Waals surface area contributed by atoms with Crippen LogP contribution in [0.1, 0.15) is 122 Å². The molecule has 0 spiro atoms. The lowest BCUT2D eigenvalue weighted by atomic mass is 10.2. The lowest BCUT2D eigenvalue weighted by molar-refractivity contribution is -0.193. The molecular formula is C89H103Cl5F10IN11O30S. The fourth-order valence-electron chi connectivity index (χ4n) is 9.14. The molecular weight excluding hydrogens is 2230 g/mol. The molecule has 4 aromatic carbocycles. The van der Waals surface area contributed by atoms with E-state index in [0.717, 1.165) is 68.8 Å². The smallest absolute Gasteiger partial charge is 0.431 e. The molecule has 0 aliphatic carbocycles. The molecule has 0 unspecified atom stereocenters. The number of H-pyrrole nitrogens is 1. The minimum absolute atomic E-state index is 0. The van der Waals surface area contributed by atoms with Gasteiger partial charge in [0.1, 0.15) is 67.3 Å². The zero-order chi connectivity index (χ0) is 108. The predicted octanol–water partition coefficient (Wildman–Crippen LogP) is 20.3. The van der Waals surface area contributed by atoms with Gasteiger partial charge < -0.3 is 73.1 Å². The minimum Gasteiger partial charge on any atom is -0.475 e. The number of carbonyl (C=O) groups is 3. The van der Waals surface area contributed by atoms with Crippen molar-refractivity contribution in [2.45, 2.75) is 123 Å². The maximum absolute atomic E-state index is 14.6. The number of anilines is 2. The summed E-state index contributed by atoms with van der Waals surface area (Å²) in [5.74, 6) is -2.03. The number of ether oxygens (including phenoxy) is 11. The van der Waals surface area contributed by atoms with Crippen LogP contribution >= 0.6 is 82.0 Å². The Labute approximate surface area is 874 Å². The molecule has 6 aromatic heterocycles. The number of hydrogen-bond donors (Lipinski definition) is 6. The minimum atomic E-state index is -4.96. The molecule has 41 nitrogen and oxygen atoms in total. The predicted molar refractivity (Wildman–Crippen MR) is 524 cm³/mol. The monoisotopic (exact) mass is 2330 g/mol. The van der Waals surface area contributed by atoms with Crippen molar-refractivity contribution in [2.75, 3.05) is 69.8 Å². The van der Waals surface area contributed by atoms with Crippen LogP contribution in [0.5, 0.6) is 69.5 Å². The Morgan fingerprint density at radius 1 is 0.497 bits per heavy atom.